The van der Waals surface area contributed by atoms with Crippen molar-refractivity contribution in [2.24, 2.45) is 4.99 Å². The molecule has 0 spiro atoms. The number of esters is 1. The molecular weight excluding hydrogens is 589 g/mol. The molecule has 0 saturated carbocycles. The van der Waals surface area contributed by atoms with Gasteiger partial charge in [-0.2, -0.15) is 0 Å². The number of aryl methyl sites for hydroxylation is 1. The molecular formula is C36H34FN3O4S. The summed E-state index contributed by atoms with van der Waals surface area (Å²) in [6.07, 6.45) is 3.17. The van der Waals surface area contributed by atoms with Crippen molar-refractivity contribution in [1.82, 2.24) is 9.13 Å². The molecule has 0 amide bonds. The topological polar surface area (TPSA) is 74.8 Å². The van der Waals surface area contributed by atoms with Crippen LogP contribution < -0.4 is 19.6 Å². The molecule has 1 aliphatic heterocycles. The molecule has 230 valence electrons. The second-order valence-corrected chi connectivity index (χ2v) is 12.0. The Hall–Kier alpha value is -4.76. The van der Waals surface area contributed by atoms with Gasteiger partial charge in [-0.25, -0.2) is 14.2 Å². The highest BCUT2D eigenvalue weighted by atomic mass is 32.1. The molecule has 9 heteroatoms. The van der Waals surface area contributed by atoms with Gasteiger partial charge in [-0.15, -0.1) is 0 Å². The van der Waals surface area contributed by atoms with Crippen LogP contribution in [0, 0.1) is 19.7 Å². The van der Waals surface area contributed by atoms with Gasteiger partial charge in [0.1, 0.15) is 17.6 Å². The van der Waals surface area contributed by atoms with E-state index in [9.17, 15) is 14.0 Å². The van der Waals surface area contributed by atoms with Gasteiger partial charge in [0.15, 0.2) is 4.80 Å². The van der Waals surface area contributed by atoms with Crippen molar-refractivity contribution in [2.75, 3.05) is 13.7 Å². The van der Waals surface area contributed by atoms with E-state index in [4.69, 9.17) is 14.5 Å². The average molecular weight is 624 g/mol. The third-order valence-corrected chi connectivity index (χ3v) is 9.14. The zero-order valence-corrected chi connectivity index (χ0v) is 26.7. The van der Waals surface area contributed by atoms with Crippen LogP contribution in [0.15, 0.2) is 87.8 Å². The van der Waals surface area contributed by atoms with Crippen LogP contribution in [-0.2, 0) is 9.53 Å². The Balaban J connectivity index is 1.63. The molecule has 0 aliphatic carbocycles. The van der Waals surface area contributed by atoms with Gasteiger partial charge in [-0.3, -0.25) is 9.36 Å². The summed E-state index contributed by atoms with van der Waals surface area (Å²) in [5, 5.41) is 1.83. The minimum Gasteiger partial charge on any atom is -0.496 e. The summed E-state index contributed by atoms with van der Waals surface area (Å²) >= 11 is 1.29. The lowest BCUT2D eigenvalue weighted by molar-refractivity contribution is -0.139. The van der Waals surface area contributed by atoms with E-state index in [1.54, 1.807) is 30.7 Å². The first-order chi connectivity index (χ1) is 21.8. The molecule has 2 aromatic heterocycles. The molecule has 0 fully saturated rings. The Bertz CT molecular complexity index is 2160. The van der Waals surface area contributed by atoms with Gasteiger partial charge < -0.3 is 14.0 Å². The van der Waals surface area contributed by atoms with Crippen molar-refractivity contribution in [3.8, 4) is 11.4 Å². The van der Waals surface area contributed by atoms with Gasteiger partial charge in [-0.05, 0) is 86.0 Å². The normalized spacial score (nSPS) is 14.9. The largest absolute Gasteiger partial charge is 0.496 e. The summed E-state index contributed by atoms with van der Waals surface area (Å²) in [4.78, 5) is 33.6. The molecule has 0 radical (unpaired) electrons. The molecule has 3 aromatic carbocycles. The predicted octanol–water partition coefficient (Wildman–Crippen LogP) is 6.29. The van der Waals surface area contributed by atoms with E-state index in [0.717, 1.165) is 39.8 Å². The second-order valence-electron chi connectivity index (χ2n) is 11.0. The maximum Gasteiger partial charge on any atom is 0.338 e. The second kappa shape index (κ2) is 12.3. The van der Waals surface area contributed by atoms with Gasteiger partial charge in [0.2, 0.25) is 0 Å². The maximum absolute atomic E-state index is 14.5. The molecule has 0 N–H and O–H groups in total. The van der Waals surface area contributed by atoms with E-state index in [1.165, 1.54) is 23.5 Å². The van der Waals surface area contributed by atoms with Crippen molar-refractivity contribution >= 4 is 34.2 Å². The Morgan fingerprint density at radius 1 is 1.07 bits per heavy atom. The zero-order valence-electron chi connectivity index (χ0n) is 25.9. The van der Waals surface area contributed by atoms with E-state index >= 15 is 0 Å². The molecule has 6 rings (SSSR count). The molecule has 0 saturated heterocycles. The number of methoxy groups -OCH3 is 1. The summed E-state index contributed by atoms with van der Waals surface area (Å²) in [6.45, 7) is 7.94. The quantitative estimate of drug-likeness (QED) is 0.191. The molecule has 1 unspecified atom stereocenters. The number of allylic oxidation sites excluding steroid dienone is 1. The van der Waals surface area contributed by atoms with Crippen LogP contribution in [0.2, 0.25) is 0 Å². The Morgan fingerprint density at radius 3 is 2.53 bits per heavy atom. The highest BCUT2D eigenvalue weighted by molar-refractivity contribution is 7.07. The first-order valence-corrected chi connectivity index (χ1v) is 15.8. The van der Waals surface area contributed by atoms with Crippen molar-refractivity contribution in [3.05, 3.63) is 126 Å². The smallest absolute Gasteiger partial charge is 0.338 e. The number of nitrogens with zero attached hydrogens (tertiary/aromatic N) is 3. The van der Waals surface area contributed by atoms with Crippen LogP contribution >= 0.6 is 11.3 Å². The van der Waals surface area contributed by atoms with Gasteiger partial charge in [0.25, 0.3) is 5.56 Å². The zero-order chi connectivity index (χ0) is 31.8. The molecule has 1 aliphatic rings. The Kier molecular flexibility index (Phi) is 8.29. The first-order valence-electron chi connectivity index (χ1n) is 15.0. The van der Waals surface area contributed by atoms with Crippen molar-refractivity contribution in [1.29, 1.82) is 0 Å². The summed E-state index contributed by atoms with van der Waals surface area (Å²) in [6, 6.07) is 19.3. The minimum absolute atomic E-state index is 0.190. The lowest BCUT2D eigenvalue weighted by atomic mass is 9.90. The van der Waals surface area contributed by atoms with Gasteiger partial charge >= 0.3 is 5.97 Å². The number of hydrogen-bond donors (Lipinski definition) is 0. The van der Waals surface area contributed by atoms with E-state index in [-0.39, 0.29) is 18.0 Å². The summed E-state index contributed by atoms with van der Waals surface area (Å²) < 4.78 is 29.2. The third-order valence-electron chi connectivity index (χ3n) is 8.16. The van der Waals surface area contributed by atoms with E-state index in [2.05, 4.69) is 0 Å². The van der Waals surface area contributed by atoms with Crippen molar-refractivity contribution < 1.29 is 18.7 Å². The highest BCUT2D eigenvalue weighted by Gasteiger charge is 2.37. The number of rotatable bonds is 8. The molecule has 45 heavy (non-hydrogen) atoms. The number of carbonyl (C=O) groups is 1. The van der Waals surface area contributed by atoms with Crippen molar-refractivity contribution in [2.45, 2.75) is 46.6 Å². The fraction of sp³-hybridized carbons (Fsp3) is 0.250. The van der Waals surface area contributed by atoms with Crippen molar-refractivity contribution in [3.63, 3.8) is 0 Å². The number of aromatic nitrogens is 2. The number of thiazole rings is 1. The van der Waals surface area contributed by atoms with Crippen LogP contribution in [0.3, 0.4) is 0 Å². The number of carbonyl (C=O) groups excluding carboxylic acids is 1. The maximum atomic E-state index is 14.5. The lowest BCUT2D eigenvalue weighted by Gasteiger charge is -2.28. The Morgan fingerprint density at radius 2 is 1.82 bits per heavy atom. The monoisotopic (exact) mass is 623 g/mol. The lowest BCUT2D eigenvalue weighted by Crippen LogP contribution is -2.40. The molecule has 0 bridgehead atoms. The third kappa shape index (κ3) is 5.31. The number of halogens is 1. The van der Waals surface area contributed by atoms with E-state index < -0.39 is 12.0 Å². The van der Waals surface area contributed by atoms with Crippen LogP contribution in [0.5, 0.6) is 5.75 Å². The summed E-state index contributed by atoms with van der Waals surface area (Å²) in [7, 11) is 1.59. The molecule has 5 aromatic rings. The number of benzene rings is 3. The summed E-state index contributed by atoms with van der Waals surface area (Å²) in [5.41, 5.74) is 4.97. The van der Waals surface area contributed by atoms with E-state index in [1.807, 2.05) is 73.9 Å². The fourth-order valence-corrected chi connectivity index (χ4v) is 7.20. The number of hydrogen-bond acceptors (Lipinski definition) is 6. The predicted molar refractivity (Wildman–Crippen MR) is 175 cm³/mol. The average Bonchev–Trinajstić information content (AvgIpc) is 3.49. The molecule has 3 heterocycles. The van der Waals surface area contributed by atoms with Crippen LogP contribution in [0.1, 0.15) is 55.2 Å². The molecule has 7 nitrogen and oxygen atoms in total. The fourth-order valence-electron chi connectivity index (χ4n) is 6.19. The first kappa shape index (κ1) is 30.3. The van der Waals surface area contributed by atoms with E-state index in [0.29, 0.717) is 38.3 Å². The van der Waals surface area contributed by atoms with Gasteiger partial charge in [0, 0.05) is 22.6 Å². The minimum atomic E-state index is -0.809. The standard InChI is InChI=1S/C36H34FN3O4S/c1-6-10-28-32(35(42)44-7-2)33(31-27-12-9-8-11-23(27)13-18-29(31)43-5)40-34(41)30(45-36(40)38-28)20-24-19-21(3)39(22(24)4)26-16-14-25(37)15-17-26/h8-9,11-20,33H,6-7,10H2,1-5H3/b30-20+. The van der Waals surface area contributed by atoms with Crippen LogP contribution in [-0.4, -0.2) is 28.8 Å². The SMILES string of the molecule is CCCC1=C(C(=O)OCC)C(c2c(OC)ccc3ccccc23)n2c(s/c(=C/c3cc(C)n(-c4ccc(F)cc4)c3C)c2=O)=N1. The summed E-state index contributed by atoms with van der Waals surface area (Å²) in [5.74, 6) is -0.234. The van der Waals surface area contributed by atoms with Gasteiger partial charge in [-0.1, -0.05) is 55.0 Å². The highest BCUT2D eigenvalue weighted by Crippen LogP contribution is 2.41. The van der Waals surface area contributed by atoms with Crippen LogP contribution in [0.4, 0.5) is 4.39 Å². The van der Waals surface area contributed by atoms with Crippen LogP contribution in [0.25, 0.3) is 22.5 Å². The number of ether oxygens (including phenoxy) is 2. The number of fused-ring (bicyclic) bond motifs is 2. The molecule has 1 atom stereocenters. The Labute approximate surface area is 264 Å². The van der Waals surface area contributed by atoms with Gasteiger partial charge in [0.05, 0.1) is 29.5 Å².